The highest BCUT2D eigenvalue weighted by molar-refractivity contribution is 5.78. The molecule has 2 N–H and O–H groups in total. The molecule has 1 aromatic heterocycles. The van der Waals surface area contributed by atoms with Crippen LogP contribution in [0.15, 0.2) is 57.7 Å². The predicted molar refractivity (Wildman–Crippen MR) is 167 cm³/mol. The van der Waals surface area contributed by atoms with Crippen molar-refractivity contribution < 1.29 is 14.3 Å². The maximum absolute atomic E-state index is 13.1. The van der Waals surface area contributed by atoms with E-state index in [2.05, 4.69) is 58.5 Å². The van der Waals surface area contributed by atoms with Crippen molar-refractivity contribution in [1.82, 2.24) is 25.3 Å². The zero-order valence-electron chi connectivity index (χ0n) is 26.3. The van der Waals surface area contributed by atoms with Crippen LogP contribution in [0, 0.1) is 0 Å². The minimum Gasteiger partial charge on any atom is -0.428 e. The Balaban J connectivity index is 1.36. The molecule has 4 rings (SSSR count). The molecule has 230 valence electrons. The number of esters is 1. The zero-order chi connectivity index (χ0) is 29.9. The molecule has 1 fully saturated rings. The van der Waals surface area contributed by atoms with Crippen molar-refractivity contribution in [3.8, 4) is 0 Å². The van der Waals surface area contributed by atoms with Gasteiger partial charge in [-0.25, -0.2) is 9.79 Å². The van der Waals surface area contributed by atoms with Crippen LogP contribution in [0.5, 0.6) is 0 Å². The number of aromatic nitrogens is 2. The summed E-state index contributed by atoms with van der Waals surface area (Å²) in [5.74, 6) is 0.363. The molecule has 3 aliphatic rings. The molecule has 0 spiro atoms. The first-order valence-corrected chi connectivity index (χ1v) is 15.7. The summed E-state index contributed by atoms with van der Waals surface area (Å²) in [7, 11) is 3.66. The van der Waals surface area contributed by atoms with Crippen molar-refractivity contribution >= 4 is 11.7 Å². The zero-order valence-corrected chi connectivity index (χ0v) is 26.3. The van der Waals surface area contributed by atoms with Gasteiger partial charge in [-0.15, -0.1) is 0 Å². The van der Waals surface area contributed by atoms with E-state index in [1.54, 1.807) is 19.5 Å². The predicted octanol–water partition coefficient (Wildman–Crippen LogP) is 3.75. The first-order valence-electron chi connectivity index (χ1n) is 15.7. The number of nitrogens with zero attached hydrogens (tertiary/aromatic N) is 4. The van der Waals surface area contributed by atoms with Crippen LogP contribution in [0.2, 0.25) is 0 Å². The number of aryl methyl sites for hydroxylation is 1. The van der Waals surface area contributed by atoms with Gasteiger partial charge < -0.3 is 25.0 Å². The van der Waals surface area contributed by atoms with Crippen LogP contribution in [-0.4, -0.2) is 66.6 Å². The topological polar surface area (TPSA) is 93.0 Å². The van der Waals surface area contributed by atoms with Crippen LogP contribution < -0.4 is 21.3 Å². The summed E-state index contributed by atoms with van der Waals surface area (Å²) in [6.45, 7) is 11.0. The number of methoxy groups -OCH3 is 1. The number of rotatable bonds is 14. The molecule has 4 heterocycles. The van der Waals surface area contributed by atoms with Gasteiger partial charge in [0.15, 0.2) is 0 Å². The highest BCUT2D eigenvalue weighted by Crippen LogP contribution is 2.22. The van der Waals surface area contributed by atoms with Crippen molar-refractivity contribution in [2.75, 3.05) is 39.9 Å². The summed E-state index contributed by atoms with van der Waals surface area (Å²) in [6, 6.07) is -0.437. The molecule has 1 saturated heterocycles. The number of fused-ring (bicyclic) bond motifs is 4. The van der Waals surface area contributed by atoms with E-state index >= 15 is 0 Å². The molecule has 9 nitrogen and oxygen atoms in total. The van der Waals surface area contributed by atoms with Crippen LogP contribution >= 0.6 is 0 Å². The van der Waals surface area contributed by atoms with Crippen LogP contribution in [0.3, 0.4) is 0 Å². The van der Waals surface area contributed by atoms with Crippen molar-refractivity contribution in [3.05, 3.63) is 63.4 Å². The Morgan fingerprint density at radius 3 is 2.88 bits per heavy atom. The summed E-state index contributed by atoms with van der Waals surface area (Å²) in [5.41, 5.74) is 6.67. The molecule has 9 heteroatoms. The molecule has 0 aliphatic carbocycles. The maximum atomic E-state index is 13.1. The van der Waals surface area contributed by atoms with Gasteiger partial charge >= 0.3 is 5.97 Å². The van der Waals surface area contributed by atoms with Crippen LogP contribution in [0.4, 0.5) is 0 Å². The van der Waals surface area contributed by atoms with Crippen molar-refractivity contribution in [1.29, 1.82) is 0 Å². The van der Waals surface area contributed by atoms with E-state index in [9.17, 15) is 4.79 Å². The first-order chi connectivity index (χ1) is 20.4. The van der Waals surface area contributed by atoms with Crippen molar-refractivity contribution in [2.24, 2.45) is 12.0 Å². The summed E-state index contributed by atoms with van der Waals surface area (Å²) >= 11 is 0. The molecule has 3 aliphatic heterocycles. The second-order valence-corrected chi connectivity index (χ2v) is 11.6. The molecular formula is C33H50N6O3. The highest BCUT2D eigenvalue weighted by atomic mass is 16.5. The fourth-order valence-corrected chi connectivity index (χ4v) is 5.77. The minimum atomic E-state index is -0.437. The van der Waals surface area contributed by atoms with E-state index in [0.29, 0.717) is 25.2 Å². The summed E-state index contributed by atoms with van der Waals surface area (Å²) in [6.07, 6.45) is 16.9. The molecule has 2 bridgehead atoms. The lowest BCUT2D eigenvalue weighted by atomic mass is 9.98. The lowest BCUT2D eigenvalue weighted by Gasteiger charge is -2.28. The van der Waals surface area contributed by atoms with E-state index < -0.39 is 6.04 Å². The van der Waals surface area contributed by atoms with Gasteiger partial charge in [-0.05, 0) is 82.9 Å². The van der Waals surface area contributed by atoms with E-state index in [-0.39, 0.29) is 5.97 Å². The smallest absolute Gasteiger partial charge is 0.333 e. The van der Waals surface area contributed by atoms with Gasteiger partial charge in [-0.3, -0.25) is 4.68 Å². The Kier molecular flexibility index (Phi) is 12.0. The van der Waals surface area contributed by atoms with Gasteiger partial charge in [0.05, 0.1) is 19.0 Å². The van der Waals surface area contributed by atoms with Gasteiger partial charge in [0.2, 0.25) is 0 Å². The van der Waals surface area contributed by atoms with E-state index in [1.165, 1.54) is 28.8 Å². The Hall–Kier alpha value is -3.17. The van der Waals surface area contributed by atoms with Gasteiger partial charge in [0.1, 0.15) is 22.5 Å². The molecule has 1 atom stereocenters. The Labute approximate surface area is 251 Å². The number of hydrogen-bond donors (Lipinski definition) is 2. The number of nitrogens with one attached hydrogen (secondary N) is 2. The Morgan fingerprint density at radius 2 is 2.10 bits per heavy atom. The maximum Gasteiger partial charge on any atom is 0.333 e. The average Bonchev–Trinajstić information content (AvgIpc) is 3.34. The highest BCUT2D eigenvalue weighted by Gasteiger charge is 2.27. The van der Waals surface area contributed by atoms with Gasteiger partial charge in [-0.2, -0.15) is 5.10 Å². The van der Waals surface area contributed by atoms with Gasteiger partial charge in [-0.1, -0.05) is 24.6 Å². The molecule has 0 amide bonds. The average molecular weight is 579 g/mol. The lowest BCUT2D eigenvalue weighted by molar-refractivity contribution is -0.142. The number of unbranched alkanes of at least 4 members (excludes halogenated alkanes) is 1. The molecule has 42 heavy (non-hydrogen) atoms. The second kappa shape index (κ2) is 15.9. The number of hydrogen-bond acceptors (Lipinski definition) is 8. The van der Waals surface area contributed by atoms with Gasteiger partial charge in [0.25, 0.3) is 0 Å². The number of ether oxygens (including phenoxy) is 2. The number of carbonyl (C=O) groups excluding carboxylic acids is 1. The molecule has 0 radical (unpaired) electrons. The summed E-state index contributed by atoms with van der Waals surface area (Å²) in [4.78, 5) is 20.1. The summed E-state index contributed by atoms with van der Waals surface area (Å²) < 4.78 is 13.0. The molecular weight excluding hydrogens is 528 g/mol. The van der Waals surface area contributed by atoms with Crippen LogP contribution in [-0.2, 0) is 21.3 Å². The minimum absolute atomic E-state index is 0.249. The lowest BCUT2D eigenvalue weighted by Crippen LogP contribution is -2.46. The molecule has 0 unspecified atom stereocenters. The fraction of sp³-hybridized carbons (Fsp3) is 0.606. The van der Waals surface area contributed by atoms with E-state index in [0.717, 1.165) is 81.1 Å². The van der Waals surface area contributed by atoms with Crippen molar-refractivity contribution in [3.63, 3.8) is 0 Å². The first kappa shape index (κ1) is 31.8. The standard InChI is InChI=1S/C33H50N6O3/c1-6-24(2)26(12-13-27-11-9-17-34-25(27)3)10-7-8-18-39(20-21-41-5)19-16-30-33(40)42-28-14-15-29(37-30)32-31(35-22-28)23-36-38(32)4/h12-13,22-23,30,34,37H,6-11,14-21H2,1-5H3/b13-12-,26-24+,28-22-,32-29-,35-31-/t30-/m0/s1. The van der Waals surface area contributed by atoms with E-state index in [4.69, 9.17) is 9.47 Å². The Morgan fingerprint density at radius 1 is 1.24 bits per heavy atom. The Bertz CT molecular complexity index is 1340. The second-order valence-electron chi connectivity index (χ2n) is 11.6. The molecule has 0 aromatic carbocycles. The quantitative estimate of drug-likeness (QED) is 0.197. The third-order valence-corrected chi connectivity index (χ3v) is 8.61. The van der Waals surface area contributed by atoms with Gasteiger partial charge in [0, 0.05) is 51.6 Å². The normalized spacial score (nSPS) is 23.0. The number of allylic oxidation sites excluding steroid dienone is 7. The summed E-state index contributed by atoms with van der Waals surface area (Å²) in [5, 5.41) is 13.1. The monoisotopic (exact) mass is 578 g/mol. The van der Waals surface area contributed by atoms with Crippen LogP contribution in [0.1, 0.15) is 78.6 Å². The van der Waals surface area contributed by atoms with Crippen LogP contribution in [0.25, 0.3) is 5.70 Å². The number of carbonyl (C=O) groups is 1. The molecule has 1 aromatic rings. The fourth-order valence-electron chi connectivity index (χ4n) is 5.77. The SMILES string of the molecule is CC/C(C)=C(/C=C\C1=C(C)NCCC1)CCCCN(CCOC)CC[C@@H]1N/C2=c3/c(cnn3C)=N\C=C(\CC2)OC1=O. The third kappa shape index (κ3) is 8.67. The third-order valence-electron chi connectivity index (χ3n) is 8.61. The largest absolute Gasteiger partial charge is 0.428 e. The van der Waals surface area contributed by atoms with Crippen molar-refractivity contribution in [2.45, 2.75) is 84.6 Å². The molecule has 0 saturated carbocycles. The van der Waals surface area contributed by atoms with E-state index in [1.807, 2.05) is 11.7 Å².